The molecule has 0 saturated carbocycles. The number of oxazole rings is 1. The van der Waals surface area contributed by atoms with Gasteiger partial charge in [0.1, 0.15) is 0 Å². The Bertz CT molecular complexity index is 520. The summed E-state index contributed by atoms with van der Waals surface area (Å²) in [5, 5.41) is 0. The number of pyridine rings is 1. The molecule has 0 unspecified atom stereocenters. The van der Waals surface area contributed by atoms with Crippen LogP contribution in [0.1, 0.15) is 52.1 Å². The lowest BCUT2D eigenvalue weighted by molar-refractivity contribution is 0.407. The highest BCUT2D eigenvalue weighted by molar-refractivity contribution is 5.67. The Morgan fingerprint density at radius 1 is 1.18 bits per heavy atom. The summed E-state index contributed by atoms with van der Waals surface area (Å²) >= 11 is 0. The molecule has 2 rings (SSSR count). The van der Waals surface area contributed by atoms with Gasteiger partial charge in [-0.2, -0.15) is 4.98 Å². The van der Waals surface area contributed by atoms with Crippen LogP contribution in [0.15, 0.2) is 16.5 Å². The second-order valence-corrected chi connectivity index (χ2v) is 6.07. The fourth-order valence-corrected chi connectivity index (χ4v) is 1.76. The minimum atomic E-state index is 0.241. The zero-order chi connectivity index (χ0) is 12.6. The predicted octanol–water partition coefficient (Wildman–Crippen LogP) is 3.93. The van der Waals surface area contributed by atoms with Gasteiger partial charge in [0, 0.05) is 11.6 Å². The molecular formula is C14H20N2O. The van der Waals surface area contributed by atoms with Gasteiger partial charge in [0.15, 0.2) is 17.1 Å². The zero-order valence-electron chi connectivity index (χ0n) is 11.2. The molecule has 2 heterocycles. The first kappa shape index (κ1) is 12.1. The summed E-state index contributed by atoms with van der Waals surface area (Å²) in [5.41, 5.74) is 2.83. The van der Waals surface area contributed by atoms with Crippen LogP contribution in [0.4, 0.5) is 0 Å². The van der Waals surface area contributed by atoms with Gasteiger partial charge in [0.05, 0.1) is 0 Å². The van der Waals surface area contributed by atoms with E-state index in [0.717, 1.165) is 29.2 Å². The van der Waals surface area contributed by atoms with Crippen molar-refractivity contribution in [1.29, 1.82) is 0 Å². The largest absolute Gasteiger partial charge is 0.439 e. The molecule has 0 amide bonds. The normalized spacial score (nSPS) is 12.6. The first-order valence-corrected chi connectivity index (χ1v) is 6.11. The Hall–Kier alpha value is -1.38. The van der Waals surface area contributed by atoms with Crippen LogP contribution in [-0.4, -0.2) is 9.97 Å². The Morgan fingerprint density at radius 3 is 2.47 bits per heavy atom. The van der Waals surface area contributed by atoms with Gasteiger partial charge in [-0.15, -0.1) is 0 Å². The van der Waals surface area contributed by atoms with Crippen molar-refractivity contribution >= 4 is 11.2 Å². The summed E-state index contributed by atoms with van der Waals surface area (Å²) in [7, 11) is 0. The van der Waals surface area contributed by atoms with E-state index >= 15 is 0 Å². The van der Waals surface area contributed by atoms with E-state index in [2.05, 4.69) is 44.6 Å². The van der Waals surface area contributed by atoms with Crippen LogP contribution in [-0.2, 0) is 6.42 Å². The van der Waals surface area contributed by atoms with Crippen LogP contribution in [0.2, 0.25) is 0 Å². The summed E-state index contributed by atoms with van der Waals surface area (Å²) < 4.78 is 5.64. The number of hydrogen-bond donors (Lipinski definition) is 0. The van der Waals surface area contributed by atoms with Gasteiger partial charge in [-0.1, -0.05) is 34.6 Å². The Morgan fingerprint density at radius 2 is 1.88 bits per heavy atom. The SMILES string of the molecule is CC(C)c1nc2nc(CC(C)(C)C)ccc2o1. The lowest BCUT2D eigenvalue weighted by Crippen LogP contribution is -2.10. The van der Waals surface area contributed by atoms with E-state index in [-0.39, 0.29) is 5.41 Å². The molecule has 0 radical (unpaired) electrons. The van der Waals surface area contributed by atoms with E-state index < -0.39 is 0 Å². The zero-order valence-corrected chi connectivity index (χ0v) is 11.2. The van der Waals surface area contributed by atoms with E-state index in [9.17, 15) is 0 Å². The number of rotatable bonds is 2. The third-order valence-electron chi connectivity index (χ3n) is 2.53. The van der Waals surface area contributed by atoms with E-state index in [1.807, 2.05) is 12.1 Å². The van der Waals surface area contributed by atoms with Gasteiger partial charge < -0.3 is 4.42 Å². The molecule has 0 aliphatic heterocycles. The monoisotopic (exact) mass is 232 g/mol. The maximum atomic E-state index is 5.64. The fourth-order valence-electron chi connectivity index (χ4n) is 1.76. The molecule has 0 aliphatic rings. The minimum Gasteiger partial charge on any atom is -0.439 e. The Balaban J connectivity index is 2.37. The van der Waals surface area contributed by atoms with Crippen LogP contribution in [0, 0.1) is 5.41 Å². The summed E-state index contributed by atoms with van der Waals surface area (Å²) in [6, 6.07) is 4.01. The number of fused-ring (bicyclic) bond motifs is 1. The minimum absolute atomic E-state index is 0.241. The first-order valence-electron chi connectivity index (χ1n) is 6.11. The summed E-state index contributed by atoms with van der Waals surface area (Å²) in [6.45, 7) is 10.8. The van der Waals surface area contributed by atoms with Crippen molar-refractivity contribution in [2.75, 3.05) is 0 Å². The van der Waals surface area contributed by atoms with Crippen molar-refractivity contribution < 1.29 is 4.42 Å². The average Bonchev–Trinajstić information content (AvgIpc) is 2.57. The van der Waals surface area contributed by atoms with Gasteiger partial charge >= 0.3 is 0 Å². The van der Waals surface area contributed by atoms with Crippen molar-refractivity contribution in [3.05, 3.63) is 23.7 Å². The summed E-state index contributed by atoms with van der Waals surface area (Å²) in [5.74, 6) is 1.07. The number of hydrogen-bond acceptors (Lipinski definition) is 3. The molecule has 0 aromatic carbocycles. The van der Waals surface area contributed by atoms with Gasteiger partial charge in [0.25, 0.3) is 0 Å². The Kier molecular flexibility index (Phi) is 2.94. The summed E-state index contributed by atoms with van der Waals surface area (Å²) in [4.78, 5) is 8.98. The van der Waals surface area contributed by atoms with Gasteiger partial charge in [-0.05, 0) is 24.0 Å². The summed E-state index contributed by atoms with van der Waals surface area (Å²) in [6.07, 6.45) is 0.951. The molecule has 0 atom stereocenters. The molecule has 0 saturated heterocycles. The maximum Gasteiger partial charge on any atom is 0.199 e. The van der Waals surface area contributed by atoms with Gasteiger partial charge in [0.2, 0.25) is 0 Å². The van der Waals surface area contributed by atoms with E-state index in [0.29, 0.717) is 5.92 Å². The van der Waals surface area contributed by atoms with Crippen LogP contribution in [0.25, 0.3) is 11.2 Å². The topological polar surface area (TPSA) is 38.9 Å². The van der Waals surface area contributed by atoms with Crippen molar-refractivity contribution in [3.8, 4) is 0 Å². The van der Waals surface area contributed by atoms with Crippen molar-refractivity contribution in [2.45, 2.75) is 47.0 Å². The highest BCUT2D eigenvalue weighted by Gasteiger charge is 2.15. The molecule has 0 fully saturated rings. The predicted molar refractivity (Wildman–Crippen MR) is 69.1 cm³/mol. The second-order valence-electron chi connectivity index (χ2n) is 6.07. The van der Waals surface area contributed by atoms with E-state index in [1.165, 1.54) is 0 Å². The highest BCUT2D eigenvalue weighted by atomic mass is 16.3. The molecule has 2 aromatic heterocycles. The van der Waals surface area contributed by atoms with Crippen LogP contribution < -0.4 is 0 Å². The number of aromatic nitrogens is 2. The van der Waals surface area contributed by atoms with Crippen LogP contribution in [0.3, 0.4) is 0 Å². The fraction of sp³-hybridized carbons (Fsp3) is 0.571. The maximum absolute atomic E-state index is 5.64. The third kappa shape index (κ3) is 2.84. The molecule has 0 spiro atoms. The van der Waals surface area contributed by atoms with Crippen molar-refractivity contribution in [1.82, 2.24) is 9.97 Å². The van der Waals surface area contributed by atoms with Gasteiger partial charge in [-0.25, -0.2) is 4.98 Å². The quantitative estimate of drug-likeness (QED) is 0.787. The smallest absolute Gasteiger partial charge is 0.199 e. The lowest BCUT2D eigenvalue weighted by atomic mass is 9.90. The van der Waals surface area contributed by atoms with Crippen molar-refractivity contribution in [2.24, 2.45) is 5.41 Å². The first-order chi connectivity index (χ1) is 7.85. The highest BCUT2D eigenvalue weighted by Crippen LogP contribution is 2.23. The molecule has 3 heteroatoms. The average molecular weight is 232 g/mol. The van der Waals surface area contributed by atoms with Crippen molar-refractivity contribution in [3.63, 3.8) is 0 Å². The molecule has 92 valence electrons. The molecule has 17 heavy (non-hydrogen) atoms. The standard InChI is InChI=1S/C14H20N2O/c1-9(2)13-16-12-11(17-13)7-6-10(15-12)8-14(3,4)5/h6-7,9H,8H2,1-5H3. The van der Waals surface area contributed by atoms with E-state index in [1.54, 1.807) is 0 Å². The molecule has 0 aliphatic carbocycles. The molecule has 0 bridgehead atoms. The second kappa shape index (κ2) is 4.13. The Labute approximate surface area is 102 Å². The van der Waals surface area contributed by atoms with E-state index in [4.69, 9.17) is 4.42 Å². The molecule has 0 N–H and O–H groups in total. The third-order valence-corrected chi connectivity index (χ3v) is 2.53. The number of nitrogens with zero attached hydrogens (tertiary/aromatic N) is 2. The molecule has 3 nitrogen and oxygen atoms in total. The molecular weight excluding hydrogens is 212 g/mol. The lowest BCUT2D eigenvalue weighted by Gasteiger charge is -2.16. The van der Waals surface area contributed by atoms with Crippen LogP contribution in [0.5, 0.6) is 0 Å². The molecule has 2 aromatic rings. The van der Waals surface area contributed by atoms with Crippen LogP contribution >= 0.6 is 0 Å². The van der Waals surface area contributed by atoms with Gasteiger partial charge in [-0.3, -0.25) is 0 Å².